The number of anilines is 2. The van der Waals surface area contributed by atoms with E-state index in [1.165, 1.54) is 30.3 Å². The van der Waals surface area contributed by atoms with Crippen LogP contribution < -0.4 is 10.6 Å². The zero-order valence-electron chi connectivity index (χ0n) is 10.5. The molecule has 7 nitrogen and oxygen atoms in total. The Bertz CT molecular complexity index is 688. The number of hydrogen-bond donors (Lipinski definition) is 3. The van der Waals surface area contributed by atoms with Gasteiger partial charge in [0.25, 0.3) is 5.69 Å². The minimum Gasteiger partial charge on any atom is -0.505 e. The number of nitro groups is 1. The Morgan fingerprint density at radius 3 is 2.24 bits per heavy atom. The van der Waals surface area contributed by atoms with E-state index in [-0.39, 0.29) is 11.4 Å². The summed E-state index contributed by atoms with van der Waals surface area (Å²) < 4.78 is 13.1. The van der Waals surface area contributed by atoms with Crippen LogP contribution in [0, 0.1) is 15.9 Å². The van der Waals surface area contributed by atoms with Crippen LogP contribution in [0.2, 0.25) is 0 Å². The zero-order chi connectivity index (χ0) is 15.4. The number of hydrogen-bond acceptors (Lipinski definition) is 4. The third-order valence-electron chi connectivity index (χ3n) is 2.54. The lowest BCUT2D eigenvalue weighted by atomic mass is 10.3. The molecule has 21 heavy (non-hydrogen) atoms. The van der Waals surface area contributed by atoms with Crippen LogP contribution >= 0.6 is 0 Å². The van der Waals surface area contributed by atoms with Crippen molar-refractivity contribution in [3.8, 4) is 5.75 Å². The zero-order valence-corrected chi connectivity index (χ0v) is 10.5. The summed E-state index contributed by atoms with van der Waals surface area (Å²) in [6.45, 7) is 0. The molecular weight excluding hydrogens is 281 g/mol. The van der Waals surface area contributed by atoms with Crippen molar-refractivity contribution in [3.05, 3.63) is 58.4 Å². The van der Waals surface area contributed by atoms with Gasteiger partial charge >= 0.3 is 6.03 Å². The largest absolute Gasteiger partial charge is 0.505 e. The first-order valence-electron chi connectivity index (χ1n) is 5.76. The minimum atomic E-state index is -0.858. The molecule has 0 saturated carbocycles. The first-order chi connectivity index (χ1) is 9.95. The average Bonchev–Trinajstić information content (AvgIpc) is 2.43. The van der Waals surface area contributed by atoms with E-state index >= 15 is 0 Å². The lowest BCUT2D eigenvalue weighted by molar-refractivity contribution is -0.384. The predicted molar refractivity (Wildman–Crippen MR) is 73.8 cm³/mol. The number of phenols is 1. The number of amides is 2. The van der Waals surface area contributed by atoms with Crippen molar-refractivity contribution < 1.29 is 19.2 Å². The summed E-state index contributed by atoms with van der Waals surface area (Å²) in [6, 6.07) is 7.99. The Kier molecular flexibility index (Phi) is 3.98. The van der Waals surface area contributed by atoms with Gasteiger partial charge in [-0.15, -0.1) is 0 Å². The van der Waals surface area contributed by atoms with E-state index in [1.807, 2.05) is 0 Å². The topological polar surface area (TPSA) is 104 Å². The van der Waals surface area contributed by atoms with Crippen LogP contribution in [0.25, 0.3) is 0 Å². The molecule has 0 bridgehead atoms. The first-order valence-corrected chi connectivity index (χ1v) is 5.76. The molecule has 0 aliphatic heterocycles. The SMILES string of the molecule is O=C(Nc1ccc([N+](=O)[O-])cc1)Nc1ccc(O)c(F)c1. The van der Waals surface area contributed by atoms with Crippen LogP contribution in [-0.4, -0.2) is 16.1 Å². The number of phenolic OH excluding ortho intramolecular Hbond substituents is 1. The molecule has 0 fully saturated rings. The quantitative estimate of drug-likeness (QED) is 0.459. The Hall–Kier alpha value is -3.16. The smallest absolute Gasteiger partial charge is 0.323 e. The van der Waals surface area contributed by atoms with Crippen LogP contribution in [0.4, 0.5) is 26.2 Å². The molecule has 0 radical (unpaired) electrons. The number of carbonyl (C=O) groups is 1. The number of benzene rings is 2. The van der Waals surface area contributed by atoms with Gasteiger partial charge in [-0.1, -0.05) is 0 Å². The summed E-state index contributed by atoms with van der Waals surface area (Å²) in [4.78, 5) is 21.6. The summed E-state index contributed by atoms with van der Waals surface area (Å²) in [5, 5.41) is 24.3. The van der Waals surface area contributed by atoms with E-state index in [9.17, 15) is 19.3 Å². The van der Waals surface area contributed by atoms with E-state index in [1.54, 1.807) is 0 Å². The van der Waals surface area contributed by atoms with Crippen LogP contribution in [-0.2, 0) is 0 Å². The van der Waals surface area contributed by atoms with E-state index < -0.39 is 22.5 Å². The molecule has 0 atom stereocenters. The van der Waals surface area contributed by atoms with Gasteiger partial charge < -0.3 is 15.7 Å². The Morgan fingerprint density at radius 1 is 1.10 bits per heavy atom. The van der Waals surface area contributed by atoms with Gasteiger partial charge in [0, 0.05) is 29.6 Å². The first kappa shape index (κ1) is 14.3. The van der Waals surface area contributed by atoms with Gasteiger partial charge in [0.2, 0.25) is 0 Å². The van der Waals surface area contributed by atoms with Crippen molar-refractivity contribution >= 4 is 23.1 Å². The van der Waals surface area contributed by atoms with Gasteiger partial charge in [-0.3, -0.25) is 10.1 Å². The molecule has 8 heteroatoms. The number of nitrogens with one attached hydrogen (secondary N) is 2. The molecule has 0 saturated heterocycles. The van der Waals surface area contributed by atoms with Crippen molar-refractivity contribution in [2.75, 3.05) is 10.6 Å². The molecule has 2 aromatic carbocycles. The van der Waals surface area contributed by atoms with E-state index in [2.05, 4.69) is 10.6 Å². The fourth-order valence-corrected chi connectivity index (χ4v) is 1.54. The highest BCUT2D eigenvalue weighted by atomic mass is 19.1. The Labute approximate surface area is 118 Å². The monoisotopic (exact) mass is 291 g/mol. The molecule has 108 valence electrons. The number of aromatic hydroxyl groups is 1. The van der Waals surface area contributed by atoms with E-state index in [4.69, 9.17) is 5.11 Å². The lowest BCUT2D eigenvalue weighted by Crippen LogP contribution is -2.19. The molecule has 0 aliphatic carbocycles. The second-order valence-corrected chi connectivity index (χ2v) is 4.05. The average molecular weight is 291 g/mol. The van der Waals surface area contributed by atoms with Gasteiger partial charge in [0.15, 0.2) is 11.6 Å². The van der Waals surface area contributed by atoms with Crippen molar-refractivity contribution in [1.82, 2.24) is 0 Å². The van der Waals surface area contributed by atoms with E-state index in [0.29, 0.717) is 5.69 Å². The van der Waals surface area contributed by atoms with Gasteiger partial charge in [-0.2, -0.15) is 0 Å². The maximum Gasteiger partial charge on any atom is 0.323 e. The van der Waals surface area contributed by atoms with Gasteiger partial charge in [-0.25, -0.2) is 9.18 Å². The van der Waals surface area contributed by atoms with Gasteiger partial charge in [-0.05, 0) is 24.3 Å². The highest BCUT2D eigenvalue weighted by Crippen LogP contribution is 2.20. The van der Waals surface area contributed by atoms with Crippen LogP contribution in [0.3, 0.4) is 0 Å². The molecule has 0 aliphatic rings. The summed E-state index contributed by atoms with van der Waals surface area (Å²) in [5.74, 6) is -1.38. The Balaban J connectivity index is 2.01. The number of urea groups is 1. The summed E-state index contributed by atoms with van der Waals surface area (Å²) in [6.07, 6.45) is 0. The normalized spacial score (nSPS) is 9.95. The van der Waals surface area contributed by atoms with Gasteiger partial charge in [0.1, 0.15) is 0 Å². The van der Waals surface area contributed by atoms with Crippen molar-refractivity contribution in [2.24, 2.45) is 0 Å². The van der Waals surface area contributed by atoms with E-state index in [0.717, 1.165) is 12.1 Å². The summed E-state index contributed by atoms with van der Waals surface area (Å²) in [7, 11) is 0. The maximum atomic E-state index is 13.1. The molecule has 0 spiro atoms. The van der Waals surface area contributed by atoms with Crippen molar-refractivity contribution in [2.45, 2.75) is 0 Å². The highest BCUT2D eigenvalue weighted by molar-refractivity contribution is 5.99. The molecular formula is C13H10FN3O4. The molecule has 2 aromatic rings. The van der Waals surface area contributed by atoms with Crippen LogP contribution in [0.5, 0.6) is 5.75 Å². The number of non-ortho nitro benzene ring substituents is 1. The molecule has 0 unspecified atom stereocenters. The maximum absolute atomic E-state index is 13.1. The third kappa shape index (κ3) is 3.66. The fraction of sp³-hybridized carbons (Fsp3) is 0. The van der Waals surface area contributed by atoms with Crippen molar-refractivity contribution in [1.29, 1.82) is 0 Å². The van der Waals surface area contributed by atoms with Crippen molar-refractivity contribution in [3.63, 3.8) is 0 Å². The number of carbonyl (C=O) groups excluding carboxylic acids is 1. The predicted octanol–water partition coefficient (Wildman–Crippen LogP) is 3.08. The highest BCUT2D eigenvalue weighted by Gasteiger charge is 2.08. The summed E-state index contributed by atoms with van der Waals surface area (Å²) in [5.41, 5.74) is 0.406. The number of nitro benzene ring substituents is 1. The Morgan fingerprint density at radius 2 is 1.67 bits per heavy atom. The fourth-order valence-electron chi connectivity index (χ4n) is 1.54. The number of nitrogens with zero attached hydrogens (tertiary/aromatic N) is 1. The molecule has 2 rings (SSSR count). The second kappa shape index (κ2) is 5.87. The molecule has 0 aromatic heterocycles. The van der Waals surface area contributed by atoms with Crippen LogP contribution in [0.1, 0.15) is 0 Å². The van der Waals surface area contributed by atoms with Crippen LogP contribution in [0.15, 0.2) is 42.5 Å². The molecule has 2 amide bonds. The summed E-state index contributed by atoms with van der Waals surface area (Å²) >= 11 is 0. The lowest BCUT2D eigenvalue weighted by Gasteiger charge is -2.08. The third-order valence-corrected chi connectivity index (χ3v) is 2.54. The second-order valence-electron chi connectivity index (χ2n) is 4.05. The van der Waals surface area contributed by atoms with Gasteiger partial charge in [0.05, 0.1) is 4.92 Å². The number of rotatable bonds is 3. The number of halogens is 1. The minimum absolute atomic E-state index is 0.0958. The standard InChI is InChI=1S/C13H10FN3O4/c14-11-7-9(3-6-12(11)18)16-13(19)15-8-1-4-10(5-2-8)17(20)21/h1-7,18H,(H2,15,16,19). The molecule has 0 heterocycles. The molecule has 3 N–H and O–H groups in total.